The second-order valence-electron chi connectivity index (χ2n) is 6.32. The first kappa shape index (κ1) is 14.3. The van der Waals surface area contributed by atoms with Gasteiger partial charge in [0.2, 0.25) is 0 Å². The lowest BCUT2D eigenvalue weighted by molar-refractivity contribution is 0.138. The molecule has 0 amide bonds. The van der Waals surface area contributed by atoms with Gasteiger partial charge in [-0.15, -0.1) is 0 Å². The van der Waals surface area contributed by atoms with E-state index in [4.69, 9.17) is 5.26 Å². The number of anilines is 1. The predicted octanol–water partition coefficient (Wildman–Crippen LogP) is 3.02. The topological polar surface area (TPSA) is 52.0 Å². The molecule has 1 N–H and O–H groups in total. The highest BCUT2D eigenvalue weighted by molar-refractivity contribution is 5.38. The van der Waals surface area contributed by atoms with Crippen molar-refractivity contribution in [1.82, 2.24) is 9.88 Å². The summed E-state index contributed by atoms with van der Waals surface area (Å²) in [6, 6.07) is 8.52. The Morgan fingerprint density at radius 2 is 1.95 bits per heavy atom. The van der Waals surface area contributed by atoms with Gasteiger partial charge in [0.05, 0.1) is 0 Å². The molecule has 21 heavy (non-hydrogen) atoms. The number of hydrogen-bond acceptors (Lipinski definition) is 4. The zero-order valence-electron chi connectivity index (χ0n) is 12.6. The third-order valence-corrected chi connectivity index (χ3v) is 4.93. The summed E-state index contributed by atoms with van der Waals surface area (Å²) in [4.78, 5) is 6.98. The second kappa shape index (κ2) is 6.91. The molecule has 0 unspecified atom stereocenters. The van der Waals surface area contributed by atoms with E-state index in [9.17, 15) is 0 Å². The van der Waals surface area contributed by atoms with Gasteiger partial charge in [0, 0.05) is 12.6 Å². The molecule has 1 aliphatic carbocycles. The zero-order valence-corrected chi connectivity index (χ0v) is 12.6. The van der Waals surface area contributed by atoms with E-state index in [0.717, 1.165) is 24.3 Å². The van der Waals surface area contributed by atoms with E-state index in [0.29, 0.717) is 5.69 Å². The Balaban J connectivity index is 1.44. The summed E-state index contributed by atoms with van der Waals surface area (Å²) >= 11 is 0. The monoisotopic (exact) mass is 284 g/mol. The number of piperidine rings is 1. The second-order valence-corrected chi connectivity index (χ2v) is 6.32. The van der Waals surface area contributed by atoms with Crippen LogP contribution in [0.15, 0.2) is 18.2 Å². The van der Waals surface area contributed by atoms with Crippen LogP contribution in [0.4, 0.5) is 5.82 Å². The summed E-state index contributed by atoms with van der Waals surface area (Å²) in [6.45, 7) is 3.48. The molecule has 2 aliphatic rings. The minimum absolute atomic E-state index is 0.482. The summed E-state index contributed by atoms with van der Waals surface area (Å²) in [6.07, 6.45) is 8.23. The Morgan fingerprint density at radius 1 is 1.19 bits per heavy atom. The number of likely N-dealkylation sites (tertiary alicyclic amines) is 1. The smallest absolute Gasteiger partial charge is 0.142 e. The Kier molecular flexibility index (Phi) is 4.72. The average molecular weight is 284 g/mol. The summed E-state index contributed by atoms with van der Waals surface area (Å²) in [5.74, 6) is 1.56. The minimum atomic E-state index is 0.482. The number of nitrogens with zero attached hydrogens (tertiary/aromatic N) is 3. The van der Waals surface area contributed by atoms with Crippen LogP contribution in [0.1, 0.15) is 44.2 Å². The van der Waals surface area contributed by atoms with Gasteiger partial charge >= 0.3 is 0 Å². The van der Waals surface area contributed by atoms with Gasteiger partial charge in [-0.3, -0.25) is 0 Å². The number of hydrogen-bond donors (Lipinski definition) is 1. The van der Waals surface area contributed by atoms with Crippen molar-refractivity contribution in [3.8, 4) is 6.07 Å². The number of rotatable bonds is 4. The largest absolute Gasteiger partial charge is 0.370 e. The van der Waals surface area contributed by atoms with Gasteiger partial charge in [-0.1, -0.05) is 18.9 Å². The molecule has 1 aliphatic heterocycles. The van der Waals surface area contributed by atoms with Gasteiger partial charge in [0.15, 0.2) is 0 Å². The van der Waals surface area contributed by atoms with Crippen LogP contribution in [0, 0.1) is 17.2 Å². The number of pyridine rings is 1. The van der Waals surface area contributed by atoms with E-state index in [2.05, 4.69) is 21.3 Å². The molecule has 1 aromatic rings. The third-order valence-electron chi connectivity index (χ3n) is 4.93. The van der Waals surface area contributed by atoms with Crippen molar-refractivity contribution in [2.75, 3.05) is 25.0 Å². The highest BCUT2D eigenvalue weighted by atomic mass is 15.2. The van der Waals surface area contributed by atoms with Crippen molar-refractivity contribution in [1.29, 1.82) is 5.26 Å². The number of aromatic nitrogens is 1. The molecule has 0 bridgehead atoms. The quantitative estimate of drug-likeness (QED) is 0.923. The molecule has 4 nitrogen and oxygen atoms in total. The molecule has 1 saturated carbocycles. The lowest BCUT2D eigenvalue weighted by atomic mass is 9.95. The Labute approximate surface area is 127 Å². The standard InChI is InChI=1S/C17H24N4/c18-12-15-4-3-7-17(20-15)19-13-14-8-10-21(11-9-14)16-5-1-2-6-16/h3-4,7,14,16H,1-2,5-6,8-11,13H2,(H,19,20). The van der Waals surface area contributed by atoms with E-state index >= 15 is 0 Å². The minimum Gasteiger partial charge on any atom is -0.370 e. The molecule has 3 rings (SSSR count). The first-order chi connectivity index (χ1) is 10.3. The molecule has 1 saturated heterocycles. The van der Waals surface area contributed by atoms with Crippen molar-refractivity contribution < 1.29 is 0 Å². The van der Waals surface area contributed by atoms with E-state index in [1.807, 2.05) is 12.1 Å². The molecule has 0 spiro atoms. The van der Waals surface area contributed by atoms with E-state index in [1.54, 1.807) is 6.07 Å². The molecule has 0 atom stereocenters. The zero-order chi connectivity index (χ0) is 14.5. The Hall–Kier alpha value is -1.60. The van der Waals surface area contributed by atoms with E-state index in [-0.39, 0.29) is 0 Å². The highest BCUT2D eigenvalue weighted by Gasteiger charge is 2.26. The molecule has 2 heterocycles. The first-order valence-electron chi connectivity index (χ1n) is 8.20. The van der Waals surface area contributed by atoms with Crippen LogP contribution < -0.4 is 5.32 Å². The van der Waals surface area contributed by atoms with Crippen LogP contribution in [0.3, 0.4) is 0 Å². The summed E-state index contributed by atoms with van der Waals surface area (Å²) in [5, 5.41) is 12.3. The fraction of sp³-hybridized carbons (Fsp3) is 0.647. The van der Waals surface area contributed by atoms with Gasteiger partial charge in [0.25, 0.3) is 0 Å². The molecule has 112 valence electrons. The van der Waals surface area contributed by atoms with Gasteiger partial charge in [0.1, 0.15) is 17.6 Å². The normalized spacial score (nSPS) is 21.3. The van der Waals surface area contributed by atoms with E-state index in [1.165, 1.54) is 51.6 Å². The van der Waals surface area contributed by atoms with Crippen LogP contribution in [-0.2, 0) is 0 Å². The molecule has 4 heteroatoms. The van der Waals surface area contributed by atoms with Crippen molar-refractivity contribution in [3.05, 3.63) is 23.9 Å². The van der Waals surface area contributed by atoms with Crippen molar-refractivity contribution in [2.45, 2.75) is 44.6 Å². The van der Waals surface area contributed by atoms with Crippen molar-refractivity contribution in [2.24, 2.45) is 5.92 Å². The average Bonchev–Trinajstić information content (AvgIpc) is 3.08. The highest BCUT2D eigenvalue weighted by Crippen LogP contribution is 2.27. The van der Waals surface area contributed by atoms with Crippen molar-refractivity contribution in [3.63, 3.8) is 0 Å². The summed E-state index contributed by atoms with van der Waals surface area (Å²) in [5.41, 5.74) is 0.482. The maximum Gasteiger partial charge on any atom is 0.142 e. The van der Waals surface area contributed by atoms with Gasteiger partial charge in [-0.2, -0.15) is 5.26 Å². The molecule has 1 aromatic heterocycles. The van der Waals surface area contributed by atoms with Crippen LogP contribution in [0.5, 0.6) is 0 Å². The van der Waals surface area contributed by atoms with Crippen LogP contribution in [0.2, 0.25) is 0 Å². The van der Waals surface area contributed by atoms with E-state index < -0.39 is 0 Å². The Bertz CT molecular complexity index is 494. The fourth-order valence-electron chi connectivity index (χ4n) is 3.64. The third kappa shape index (κ3) is 3.74. The first-order valence-corrected chi connectivity index (χ1v) is 8.20. The fourth-order valence-corrected chi connectivity index (χ4v) is 3.64. The predicted molar refractivity (Wildman–Crippen MR) is 84.0 cm³/mol. The summed E-state index contributed by atoms with van der Waals surface area (Å²) < 4.78 is 0. The summed E-state index contributed by atoms with van der Waals surface area (Å²) in [7, 11) is 0. The van der Waals surface area contributed by atoms with Crippen LogP contribution in [-0.4, -0.2) is 35.6 Å². The maximum absolute atomic E-state index is 8.87. The number of nitriles is 1. The van der Waals surface area contributed by atoms with Gasteiger partial charge in [-0.05, 0) is 56.8 Å². The molecular weight excluding hydrogens is 260 g/mol. The van der Waals surface area contributed by atoms with Crippen LogP contribution in [0.25, 0.3) is 0 Å². The van der Waals surface area contributed by atoms with Crippen LogP contribution >= 0.6 is 0 Å². The lowest BCUT2D eigenvalue weighted by Crippen LogP contribution is -2.41. The van der Waals surface area contributed by atoms with Crippen molar-refractivity contribution >= 4 is 5.82 Å². The maximum atomic E-state index is 8.87. The van der Waals surface area contributed by atoms with Gasteiger partial charge in [-0.25, -0.2) is 4.98 Å². The molecular formula is C17H24N4. The Morgan fingerprint density at radius 3 is 2.67 bits per heavy atom. The molecule has 2 fully saturated rings. The number of nitrogens with one attached hydrogen (secondary N) is 1. The molecule has 0 radical (unpaired) electrons. The SMILES string of the molecule is N#Cc1cccc(NCC2CCN(C3CCCC3)CC2)n1. The lowest BCUT2D eigenvalue weighted by Gasteiger charge is -2.36. The molecule has 0 aromatic carbocycles. The van der Waals surface area contributed by atoms with Gasteiger partial charge < -0.3 is 10.2 Å².